The van der Waals surface area contributed by atoms with Crippen LogP contribution in [0, 0.1) is 12.8 Å². The fourth-order valence-corrected chi connectivity index (χ4v) is 2.46. The SMILES string of the molecule is CCOC(OCC)C1Cc2ccc(C)cc2C1=O. The second kappa shape index (κ2) is 5.63. The summed E-state index contributed by atoms with van der Waals surface area (Å²) >= 11 is 0. The number of benzene rings is 1. The number of hydrogen-bond donors (Lipinski definition) is 0. The minimum Gasteiger partial charge on any atom is -0.352 e. The predicted molar refractivity (Wildman–Crippen MR) is 69.7 cm³/mol. The Balaban J connectivity index is 2.21. The van der Waals surface area contributed by atoms with Crippen LogP contribution in [-0.2, 0) is 15.9 Å². The molecule has 0 aromatic heterocycles. The number of fused-ring (bicyclic) bond motifs is 1. The van der Waals surface area contributed by atoms with Crippen LogP contribution in [0.15, 0.2) is 18.2 Å². The highest BCUT2D eigenvalue weighted by Gasteiger charge is 2.37. The van der Waals surface area contributed by atoms with Gasteiger partial charge in [-0.3, -0.25) is 4.79 Å². The molecule has 1 aromatic rings. The topological polar surface area (TPSA) is 35.5 Å². The van der Waals surface area contributed by atoms with E-state index in [4.69, 9.17) is 9.47 Å². The number of hydrogen-bond acceptors (Lipinski definition) is 3. The summed E-state index contributed by atoms with van der Waals surface area (Å²) in [5, 5.41) is 0. The largest absolute Gasteiger partial charge is 0.352 e. The normalized spacial score (nSPS) is 18.4. The average Bonchev–Trinajstić information content (AvgIpc) is 2.67. The zero-order valence-electron chi connectivity index (χ0n) is 11.2. The molecule has 18 heavy (non-hydrogen) atoms. The molecule has 3 heteroatoms. The van der Waals surface area contributed by atoms with Crippen molar-refractivity contribution in [1.29, 1.82) is 0 Å². The fraction of sp³-hybridized carbons (Fsp3) is 0.533. The van der Waals surface area contributed by atoms with Crippen molar-refractivity contribution in [3.63, 3.8) is 0 Å². The summed E-state index contributed by atoms with van der Waals surface area (Å²) in [4.78, 5) is 12.4. The molecule has 98 valence electrons. The molecular weight excluding hydrogens is 228 g/mol. The first-order valence-corrected chi connectivity index (χ1v) is 6.54. The number of Topliss-reactive ketones (excluding diaryl/α,β-unsaturated/α-hetero) is 1. The molecule has 0 spiro atoms. The summed E-state index contributed by atoms with van der Waals surface area (Å²) in [6.45, 7) is 6.96. The van der Waals surface area contributed by atoms with E-state index in [-0.39, 0.29) is 11.7 Å². The second-order valence-electron chi connectivity index (χ2n) is 4.61. The summed E-state index contributed by atoms with van der Waals surface area (Å²) in [6, 6.07) is 6.05. The van der Waals surface area contributed by atoms with Gasteiger partial charge in [0.2, 0.25) is 0 Å². The van der Waals surface area contributed by atoms with E-state index in [1.54, 1.807) is 0 Å². The smallest absolute Gasteiger partial charge is 0.171 e. The van der Waals surface area contributed by atoms with E-state index in [1.165, 1.54) is 0 Å². The third kappa shape index (κ3) is 2.47. The van der Waals surface area contributed by atoms with Gasteiger partial charge in [0.25, 0.3) is 0 Å². The summed E-state index contributed by atoms with van der Waals surface area (Å²) in [5.41, 5.74) is 3.07. The van der Waals surface area contributed by atoms with E-state index < -0.39 is 6.29 Å². The first kappa shape index (κ1) is 13.2. The molecule has 0 saturated carbocycles. The zero-order valence-corrected chi connectivity index (χ0v) is 11.2. The molecule has 1 aliphatic rings. The van der Waals surface area contributed by atoms with Crippen molar-refractivity contribution in [2.45, 2.75) is 33.5 Å². The summed E-state index contributed by atoms with van der Waals surface area (Å²) in [5.74, 6) is -0.0395. The van der Waals surface area contributed by atoms with Crippen LogP contribution in [0.5, 0.6) is 0 Å². The van der Waals surface area contributed by atoms with Gasteiger partial charge in [-0.2, -0.15) is 0 Å². The highest BCUT2D eigenvalue weighted by molar-refractivity contribution is 6.02. The van der Waals surface area contributed by atoms with E-state index >= 15 is 0 Å². The van der Waals surface area contributed by atoms with Crippen LogP contribution in [0.1, 0.15) is 35.3 Å². The Kier molecular flexibility index (Phi) is 4.15. The van der Waals surface area contributed by atoms with Gasteiger partial charge < -0.3 is 9.47 Å². The molecule has 3 nitrogen and oxygen atoms in total. The van der Waals surface area contributed by atoms with Crippen molar-refractivity contribution >= 4 is 5.78 Å². The van der Waals surface area contributed by atoms with Crippen molar-refractivity contribution in [2.75, 3.05) is 13.2 Å². The lowest BCUT2D eigenvalue weighted by molar-refractivity contribution is -0.156. The van der Waals surface area contributed by atoms with E-state index in [2.05, 4.69) is 0 Å². The fourth-order valence-electron chi connectivity index (χ4n) is 2.46. The van der Waals surface area contributed by atoms with Crippen LogP contribution >= 0.6 is 0 Å². The monoisotopic (exact) mass is 248 g/mol. The van der Waals surface area contributed by atoms with Crippen LogP contribution in [0.3, 0.4) is 0 Å². The number of ether oxygens (including phenoxy) is 2. The van der Waals surface area contributed by atoms with Gasteiger partial charge in [0.1, 0.15) is 0 Å². The average molecular weight is 248 g/mol. The zero-order chi connectivity index (χ0) is 13.1. The molecular formula is C15H20O3. The Morgan fingerprint density at radius 2 is 1.94 bits per heavy atom. The van der Waals surface area contributed by atoms with Crippen molar-refractivity contribution in [3.8, 4) is 0 Å². The number of carbonyl (C=O) groups excluding carboxylic acids is 1. The molecule has 0 amide bonds. The number of aryl methyl sites for hydroxylation is 1. The van der Waals surface area contributed by atoms with E-state index in [9.17, 15) is 4.79 Å². The molecule has 0 fully saturated rings. The Bertz CT molecular complexity index is 433. The van der Waals surface area contributed by atoms with E-state index in [1.807, 2.05) is 39.0 Å². The van der Waals surface area contributed by atoms with Gasteiger partial charge in [-0.05, 0) is 38.8 Å². The maximum Gasteiger partial charge on any atom is 0.171 e. The maximum atomic E-state index is 12.4. The van der Waals surface area contributed by atoms with Gasteiger partial charge in [-0.25, -0.2) is 0 Å². The molecule has 0 radical (unpaired) electrons. The number of rotatable bonds is 5. The van der Waals surface area contributed by atoms with Crippen molar-refractivity contribution in [2.24, 2.45) is 5.92 Å². The van der Waals surface area contributed by atoms with Crippen LogP contribution in [0.2, 0.25) is 0 Å². The Hall–Kier alpha value is -1.19. The van der Waals surface area contributed by atoms with Crippen molar-refractivity contribution in [1.82, 2.24) is 0 Å². The maximum absolute atomic E-state index is 12.4. The Morgan fingerprint density at radius 3 is 2.56 bits per heavy atom. The van der Waals surface area contributed by atoms with Crippen LogP contribution in [0.25, 0.3) is 0 Å². The molecule has 0 saturated heterocycles. The molecule has 1 aliphatic carbocycles. The number of ketones is 1. The predicted octanol–water partition coefficient (Wildman–Crippen LogP) is 2.75. The molecule has 0 bridgehead atoms. The third-order valence-corrected chi connectivity index (χ3v) is 3.30. The van der Waals surface area contributed by atoms with Gasteiger partial charge in [-0.15, -0.1) is 0 Å². The molecule has 1 unspecified atom stereocenters. The Labute approximate surface area is 108 Å². The highest BCUT2D eigenvalue weighted by atomic mass is 16.7. The standard InChI is InChI=1S/C15H20O3/c1-4-17-15(18-5-2)13-9-11-7-6-10(3)8-12(11)14(13)16/h6-8,13,15H,4-5,9H2,1-3H3. The lowest BCUT2D eigenvalue weighted by Gasteiger charge is -2.21. The third-order valence-electron chi connectivity index (χ3n) is 3.30. The lowest BCUT2D eigenvalue weighted by atomic mass is 10.0. The van der Waals surface area contributed by atoms with Crippen LogP contribution in [0.4, 0.5) is 0 Å². The quantitative estimate of drug-likeness (QED) is 0.752. The van der Waals surface area contributed by atoms with Gasteiger partial charge in [0, 0.05) is 18.8 Å². The van der Waals surface area contributed by atoms with Crippen molar-refractivity contribution < 1.29 is 14.3 Å². The van der Waals surface area contributed by atoms with Gasteiger partial charge >= 0.3 is 0 Å². The second-order valence-corrected chi connectivity index (χ2v) is 4.61. The molecule has 2 rings (SSSR count). The van der Waals surface area contributed by atoms with Crippen LogP contribution < -0.4 is 0 Å². The minimum atomic E-state index is -0.416. The van der Waals surface area contributed by atoms with E-state index in [0.717, 1.165) is 23.1 Å². The summed E-state index contributed by atoms with van der Waals surface area (Å²) in [7, 11) is 0. The van der Waals surface area contributed by atoms with Crippen LogP contribution in [-0.4, -0.2) is 25.3 Å². The lowest BCUT2D eigenvalue weighted by Crippen LogP contribution is -2.31. The Morgan fingerprint density at radius 1 is 1.28 bits per heavy atom. The van der Waals surface area contributed by atoms with Gasteiger partial charge in [-0.1, -0.05) is 17.7 Å². The highest BCUT2D eigenvalue weighted by Crippen LogP contribution is 2.31. The molecule has 1 atom stereocenters. The molecule has 1 aromatic carbocycles. The molecule has 0 aliphatic heterocycles. The first-order valence-electron chi connectivity index (χ1n) is 6.54. The van der Waals surface area contributed by atoms with Crippen molar-refractivity contribution in [3.05, 3.63) is 34.9 Å². The number of carbonyl (C=O) groups is 1. The summed E-state index contributed by atoms with van der Waals surface area (Å²) < 4.78 is 11.1. The van der Waals surface area contributed by atoms with Gasteiger partial charge in [0.05, 0.1) is 5.92 Å². The first-order chi connectivity index (χ1) is 8.67. The summed E-state index contributed by atoms with van der Waals surface area (Å²) in [6.07, 6.45) is 0.305. The van der Waals surface area contributed by atoms with Gasteiger partial charge in [0.15, 0.2) is 12.1 Å². The minimum absolute atomic E-state index is 0.153. The molecule has 0 N–H and O–H groups in total. The molecule has 0 heterocycles. The van der Waals surface area contributed by atoms with E-state index in [0.29, 0.717) is 13.2 Å².